The maximum Gasteiger partial charge on any atom is 0.250 e. The molecular weight excluding hydrogens is 424 g/mol. The van der Waals surface area contributed by atoms with Crippen molar-refractivity contribution in [1.29, 1.82) is 0 Å². The van der Waals surface area contributed by atoms with E-state index in [1.165, 1.54) is 55.4 Å². The molecule has 1 aromatic carbocycles. The second kappa shape index (κ2) is 8.84. The van der Waals surface area contributed by atoms with Crippen LogP contribution in [-0.2, 0) is 14.9 Å². The first-order chi connectivity index (χ1) is 15.6. The zero-order valence-electron chi connectivity index (χ0n) is 21.5. The lowest BCUT2D eigenvalue weighted by Crippen LogP contribution is -2.49. The van der Waals surface area contributed by atoms with Gasteiger partial charge in [0.15, 0.2) is 6.29 Å². The second-order valence-electron chi connectivity index (χ2n) is 13.0. The van der Waals surface area contributed by atoms with Crippen molar-refractivity contribution in [2.45, 2.75) is 102 Å². The fourth-order valence-electron chi connectivity index (χ4n) is 7.01. The molecule has 5 aliphatic rings. The Labute approximate surface area is 202 Å². The molecule has 6 rings (SSSR count). The summed E-state index contributed by atoms with van der Waals surface area (Å²) in [4.78, 5) is 0. The molecule has 0 amide bonds. The summed E-state index contributed by atoms with van der Waals surface area (Å²) < 4.78 is 18.5. The maximum absolute atomic E-state index is 7.02. The average Bonchev–Trinajstić information content (AvgIpc) is 2.73. The summed E-state index contributed by atoms with van der Waals surface area (Å²) in [6.07, 6.45) is 14.7. The smallest absolute Gasteiger partial charge is 0.250 e. The molecule has 1 saturated heterocycles. The minimum absolute atomic E-state index is 0.0844. The van der Waals surface area contributed by atoms with Gasteiger partial charge in [-0.3, -0.25) is 0 Å². The van der Waals surface area contributed by atoms with Crippen molar-refractivity contribution in [3.8, 4) is 5.75 Å². The predicted molar refractivity (Wildman–Crippen MR) is 138 cm³/mol. The van der Waals surface area contributed by atoms with E-state index in [0.29, 0.717) is 5.41 Å². The summed E-state index contributed by atoms with van der Waals surface area (Å²) in [5.74, 6) is 3.96. The van der Waals surface area contributed by atoms with Crippen molar-refractivity contribution in [3.05, 3.63) is 35.4 Å². The highest BCUT2D eigenvalue weighted by Gasteiger charge is 2.53. The van der Waals surface area contributed by atoms with E-state index in [-0.39, 0.29) is 11.3 Å². The van der Waals surface area contributed by atoms with Gasteiger partial charge in [0.25, 0.3) is 0 Å². The normalized spacial score (nSPS) is 32.6. The third-order valence-corrected chi connectivity index (χ3v) is 13.7. The largest absolute Gasteiger partial charge is 0.543 e. The van der Waals surface area contributed by atoms with Crippen LogP contribution in [0, 0.1) is 17.8 Å². The van der Waals surface area contributed by atoms with Gasteiger partial charge in [-0.15, -0.1) is 0 Å². The SMILES string of the molecule is CC(C)(C)[Si](C)(C)Oc1ccc(C=CCC2OCCCO2)cc1C12CC3CC(CC(C3)C1)C2. The van der Waals surface area contributed by atoms with Crippen LogP contribution < -0.4 is 4.43 Å². The summed E-state index contributed by atoms with van der Waals surface area (Å²) >= 11 is 0. The standard InChI is InChI=1S/C29H44O3Si/c1-28(2,3)33(4,5)32-26-11-10-21(8-6-9-27-30-12-7-13-31-27)17-25(26)29-18-22-14-23(19-29)16-24(15-22)20-29/h6,8,10-11,17,22-24,27H,7,9,12-16,18-20H2,1-5H3. The van der Waals surface area contributed by atoms with Crippen LogP contribution in [0.25, 0.3) is 6.08 Å². The number of benzene rings is 1. The number of ether oxygens (including phenoxy) is 2. The van der Waals surface area contributed by atoms with E-state index in [9.17, 15) is 0 Å². The van der Waals surface area contributed by atoms with Crippen LogP contribution in [0.15, 0.2) is 24.3 Å². The molecule has 1 aliphatic heterocycles. The molecule has 3 nitrogen and oxygen atoms in total. The van der Waals surface area contributed by atoms with E-state index in [1.807, 2.05) is 0 Å². The first-order valence-corrected chi connectivity index (χ1v) is 16.3. The number of hydrogen-bond donors (Lipinski definition) is 0. The molecule has 182 valence electrons. The lowest BCUT2D eigenvalue weighted by Gasteiger charge is -2.57. The van der Waals surface area contributed by atoms with Crippen LogP contribution in [0.1, 0.15) is 83.3 Å². The molecule has 1 aromatic rings. The molecule has 0 spiro atoms. The van der Waals surface area contributed by atoms with Crippen LogP contribution >= 0.6 is 0 Å². The Hall–Kier alpha value is -1.10. The Bertz CT molecular complexity index is 840. The van der Waals surface area contributed by atoms with Crippen LogP contribution in [0.4, 0.5) is 0 Å². The Morgan fingerprint density at radius 2 is 1.61 bits per heavy atom. The zero-order valence-corrected chi connectivity index (χ0v) is 22.5. The van der Waals surface area contributed by atoms with E-state index < -0.39 is 8.32 Å². The minimum Gasteiger partial charge on any atom is -0.543 e. The highest BCUT2D eigenvalue weighted by atomic mass is 28.4. The van der Waals surface area contributed by atoms with E-state index >= 15 is 0 Å². The van der Waals surface area contributed by atoms with Gasteiger partial charge >= 0.3 is 0 Å². The molecule has 0 radical (unpaired) electrons. The lowest BCUT2D eigenvalue weighted by atomic mass is 9.48. The zero-order chi connectivity index (χ0) is 23.3. The number of rotatable bonds is 6. The van der Waals surface area contributed by atoms with Crippen molar-refractivity contribution in [1.82, 2.24) is 0 Å². The fraction of sp³-hybridized carbons (Fsp3) is 0.724. The van der Waals surface area contributed by atoms with Crippen molar-refractivity contribution in [2.75, 3.05) is 13.2 Å². The van der Waals surface area contributed by atoms with Crippen molar-refractivity contribution < 1.29 is 13.9 Å². The van der Waals surface area contributed by atoms with Crippen molar-refractivity contribution in [3.63, 3.8) is 0 Å². The van der Waals surface area contributed by atoms with Gasteiger partial charge in [0.05, 0.1) is 13.2 Å². The molecule has 33 heavy (non-hydrogen) atoms. The quantitative estimate of drug-likeness (QED) is 0.400. The van der Waals surface area contributed by atoms with E-state index in [4.69, 9.17) is 13.9 Å². The van der Waals surface area contributed by atoms with Crippen molar-refractivity contribution >= 4 is 14.4 Å². The Morgan fingerprint density at radius 3 is 2.18 bits per heavy atom. The molecule has 0 N–H and O–H groups in total. The van der Waals surface area contributed by atoms with E-state index in [1.54, 1.807) is 0 Å². The van der Waals surface area contributed by atoms with Gasteiger partial charge in [0.1, 0.15) is 5.75 Å². The maximum atomic E-state index is 7.02. The topological polar surface area (TPSA) is 27.7 Å². The lowest BCUT2D eigenvalue weighted by molar-refractivity contribution is -0.175. The molecule has 4 aliphatic carbocycles. The number of hydrogen-bond acceptors (Lipinski definition) is 3. The van der Waals surface area contributed by atoms with Gasteiger partial charge in [-0.05, 0) is 110 Å². The third kappa shape index (κ3) is 4.86. The molecule has 5 fully saturated rings. The summed E-state index contributed by atoms with van der Waals surface area (Å²) in [5, 5.41) is 0.199. The third-order valence-electron chi connectivity index (χ3n) is 9.32. The van der Waals surface area contributed by atoms with Gasteiger partial charge in [0, 0.05) is 6.42 Å². The van der Waals surface area contributed by atoms with E-state index in [0.717, 1.165) is 43.8 Å². The Morgan fingerprint density at radius 1 is 1.00 bits per heavy atom. The summed E-state index contributed by atoms with van der Waals surface area (Å²) in [6, 6.07) is 7.03. The van der Waals surface area contributed by atoms with Crippen LogP contribution in [0.5, 0.6) is 5.75 Å². The highest BCUT2D eigenvalue weighted by Crippen LogP contribution is 2.62. The average molecular weight is 469 g/mol. The first-order valence-electron chi connectivity index (χ1n) is 13.4. The van der Waals surface area contributed by atoms with Gasteiger partial charge in [-0.2, -0.15) is 0 Å². The molecule has 4 saturated carbocycles. The summed E-state index contributed by atoms with van der Waals surface area (Å²) in [5.41, 5.74) is 3.13. The molecule has 0 atom stereocenters. The molecule has 0 aromatic heterocycles. The molecular formula is C29H44O3Si. The van der Waals surface area contributed by atoms with Crippen LogP contribution in [0.3, 0.4) is 0 Å². The monoisotopic (exact) mass is 468 g/mol. The molecule has 0 unspecified atom stereocenters. The molecule has 4 bridgehead atoms. The van der Waals surface area contributed by atoms with Gasteiger partial charge in [-0.1, -0.05) is 39.0 Å². The van der Waals surface area contributed by atoms with Crippen LogP contribution in [0.2, 0.25) is 18.1 Å². The highest BCUT2D eigenvalue weighted by molar-refractivity contribution is 6.74. The Kier molecular flexibility index (Phi) is 6.33. The molecule has 1 heterocycles. The van der Waals surface area contributed by atoms with Crippen LogP contribution in [-0.4, -0.2) is 27.8 Å². The summed E-state index contributed by atoms with van der Waals surface area (Å²) in [7, 11) is -1.91. The summed E-state index contributed by atoms with van der Waals surface area (Å²) in [6.45, 7) is 13.4. The van der Waals surface area contributed by atoms with Gasteiger partial charge in [-0.25, -0.2) is 0 Å². The fourth-order valence-corrected chi connectivity index (χ4v) is 8.05. The predicted octanol–water partition coefficient (Wildman–Crippen LogP) is 7.70. The second-order valence-corrected chi connectivity index (χ2v) is 17.7. The van der Waals surface area contributed by atoms with Gasteiger partial charge < -0.3 is 13.9 Å². The van der Waals surface area contributed by atoms with E-state index in [2.05, 4.69) is 64.2 Å². The first kappa shape index (κ1) is 23.6. The van der Waals surface area contributed by atoms with Gasteiger partial charge in [0.2, 0.25) is 8.32 Å². The van der Waals surface area contributed by atoms with Crippen molar-refractivity contribution in [2.24, 2.45) is 17.8 Å². The Balaban J connectivity index is 1.45. The minimum atomic E-state index is -1.91. The molecule has 4 heteroatoms.